The monoisotopic (exact) mass is 253 g/mol. The van der Waals surface area contributed by atoms with Gasteiger partial charge >= 0.3 is 0 Å². The van der Waals surface area contributed by atoms with E-state index in [1.807, 2.05) is 0 Å². The summed E-state index contributed by atoms with van der Waals surface area (Å²) >= 11 is 0. The molecule has 0 aromatic heterocycles. The van der Waals surface area contributed by atoms with Crippen molar-refractivity contribution in [3.8, 4) is 0 Å². The Morgan fingerprint density at radius 2 is 1.89 bits per heavy atom. The average molecular weight is 253 g/mol. The normalized spacial score (nSPS) is 33.5. The standard InChI is InChI=1S/C15H27NO2/c17-12-14(7-8-14)11-16-13-4-9-18-15(10-13)5-2-1-3-6-15/h13,16-17H,1-12H2. The predicted octanol–water partition coefficient (Wildman–Crippen LogP) is 2.23. The molecule has 1 heterocycles. The van der Waals surface area contributed by atoms with Gasteiger partial charge in [-0.1, -0.05) is 19.3 Å². The zero-order valence-corrected chi connectivity index (χ0v) is 11.4. The van der Waals surface area contributed by atoms with Gasteiger partial charge in [0.15, 0.2) is 0 Å². The van der Waals surface area contributed by atoms with Crippen LogP contribution in [0.4, 0.5) is 0 Å². The molecule has 1 unspecified atom stereocenters. The molecular formula is C15H27NO2. The summed E-state index contributed by atoms with van der Waals surface area (Å²) in [6.07, 6.45) is 11.3. The highest BCUT2D eigenvalue weighted by atomic mass is 16.5. The average Bonchev–Trinajstić information content (AvgIpc) is 3.18. The fourth-order valence-electron chi connectivity index (χ4n) is 3.67. The second-order valence-corrected chi connectivity index (χ2v) is 6.82. The number of ether oxygens (including phenoxy) is 1. The molecule has 18 heavy (non-hydrogen) atoms. The molecule has 2 saturated carbocycles. The lowest BCUT2D eigenvalue weighted by molar-refractivity contribution is -0.109. The molecule has 1 spiro atoms. The Balaban J connectivity index is 1.50. The van der Waals surface area contributed by atoms with Crippen LogP contribution >= 0.6 is 0 Å². The van der Waals surface area contributed by atoms with E-state index in [4.69, 9.17) is 4.74 Å². The maximum Gasteiger partial charge on any atom is 0.0697 e. The van der Waals surface area contributed by atoms with Gasteiger partial charge in [-0.2, -0.15) is 0 Å². The van der Waals surface area contributed by atoms with Crippen LogP contribution in [0.25, 0.3) is 0 Å². The van der Waals surface area contributed by atoms with Crippen molar-refractivity contribution in [2.75, 3.05) is 19.8 Å². The number of hydrogen-bond acceptors (Lipinski definition) is 3. The number of aliphatic hydroxyl groups excluding tert-OH is 1. The molecule has 2 N–H and O–H groups in total. The first-order chi connectivity index (χ1) is 8.76. The minimum atomic E-state index is 0.199. The molecule has 3 nitrogen and oxygen atoms in total. The van der Waals surface area contributed by atoms with Crippen molar-refractivity contribution in [3.05, 3.63) is 0 Å². The van der Waals surface area contributed by atoms with E-state index in [1.165, 1.54) is 51.4 Å². The molecule has 1 aliphatic heterocycles. The van der Waals surface area contributed by atoms with Crippen molar-refractivity contribution in [1.29, 1.82) is 0 Å². The molecule has 104 valence electrons. The van der Waals surface area contributed by atoms with Crippen molar-refractivity contribution >= 4 is 0 Å². The topological polar surface area (TPSA) is 41.5 Å². The van der Waals surface area contributed by atoms with Gasteiger partial charge in [0.25, 0.3) is 0 Å². The Morgan fingerprint density at radius 3 is 2.56 bits per heavy atom. The van der Waals surface area contributed by atoms with Gasteiger partial charge < -0.3 is 15.2 Å². The van der Waals surface area contributed by atoms with Crippen molar-refractivity contribution in [2.45, 2.75) is 69.4 Å². The SMILES string of the molecule is OCC1(CNC2CCOC3(CCCCC3)C2)CC1. The van der Waals surface area contributed by atoms with Gasteiger partial charge in [0.05, 0.1) is 5.60 Å². The van der Waals surface area contributed by atoms with Crippen LogP contribution in [0.1, 0.15) is 57.8 Å². The highest BCUT2D eigenvalue weighted by Crippen LogP contribution is 2.45. The van der Waals surface area contributed by atoms with Crippen molar-refractivity contribution < 1.29 is 9.84 Å². The second kappa shape index (κ2) is 5.10. The van der Waals surface area contributed by atoms with Crippen LogP contribution in [-0.4, -0.2) is 36.5 Å². The van der Waals surface area contributed by atoms with Crippen LogP contribution in [0.15, 0.2) is 0 Å². The third kappa shape index (κ3) is 2.73. The van der Waals surface area contributed by atoms with Gasteiger partial charge in [-0.25, -0.2) is 0 Å². The first kappa shape index (κ1) is 12.9. The van der Waals surface area contributed by atoms with Crippen LogP contribution in [0.2, 0.25) is 0 Å². The van der Waals surface area contributed by atoms with E-state index >= 15 is 0 Å². The van der Waals surface area contributed by atoms with Gasteiger partial charge in [-0.05, 0) is 38.5 Å². The third-order valence-corrected chi connectivity index (χ3v) is 5.32. The first-order valence-electron chi connectivity index (χ1n) is 7.74. The predicted molar refractivity (Wildman–Crippen MR) is 71.5 cm³/mol. The van der Waals surface area contributed by atoms with E-state index in [0.717, 1.165) is 19.6 Å². The quantitative estimate of drug-likeness (QED) is 0.807. The van der Waals surface area contributed by atoms with Crippen LogP contribution in [0.3, 0.4) is 0 Å². The Morgan fingerprint density at radius 1 is 1.11 bits per heavy atom. The Hall–Kier alpha value is -0.120. The number of rotatable bonds is 4. The molecule has 0 bridgehead atoms. The van der Waals surface area contributed by atoms with E-state index in [9.17, 15) is 5.11 Å². The zero-order valence-electron chi connectivity index (χ0n) is 11.4. The summed E-state index contributed by atoms with van der Waals surface area (Å²) in [6.45, 7) is 2.28. The summed E-state index contributed by atoms with van der Waals surface area (Å²) in [6, 6.07) is 0.612. The molecule has 3 heteroatoms. The van der Waals surface area contributed by atoms with E-state index in [2.05, 4.69) is 5.32 Å². The number of aliphatic hydroxyl groups is 1. The molecule has 0 amide bonds. The Kier molecular flexibility index (Phi) is 3.65. The second-order valence-electron chi connectivity index (χ2n) is 6.82. The molecular weight excluding hydrogens is 226 g/mol. The lowest BCUT2D eigenvalue weighted by atomic mass is 9.78. The first-order valence-corrected chi connectivity index (χ1v) is 7.74. The Bertz CT molecular complexity index is 277. The van der Waals surface area contributed by atoms with Crippen molar-refractivity contribution in [1.82, 2.24) is 5.32 Å². The minimum Gasteiger partial charge on any atom is -0.396 e. The smallest absolute Gasteiger partial charge is 0.0697 e. The van der Waals surface area contributed by atoms with Crippen molar-refractivity contribution in [3.63, 3.8) is 0 Å². The fourth-order valence-corrected chi connectivity index (χ4v) is 3.67. The summed E-state index contributed by atoms with van der Waals surface area (Å²) in [5, 5.41) is 13.1. The van der Waals surface area contributed by atoms with Crippen LogP contribution in [0, 0.1) is 5.41 Å². The van der Waals surface area contributed by atoms with Gasteiger partial charge in [0.2, 0.25) is 0 Å². The largest absolute Gasteiger partial charge is 0.396 e. The van der Waals surface area contributed by atoms with Crippen molar-refractivity contribution in [2.24, 2.45) is 5.41 Å². The van der Waals surface area contributed by atoms with E-state index in [-0.39, 0.29) is 11.0 Å². The molecule has 2 aliphatic carbocycles. The summed E-state index contributed by atoms with van der Waals surface area (Å²) in [7, 11) is 0. The lowest BCUT2D eigenvalue weighted by Gasteiger charge is -2.44. The number of nitrogens with one attached hydrogen (secondary N) is 1. The maximum absolute atomic E-state index is 9.36. The summed E-state index contributed by atoms with van der Waals surface area (Å²) < 4.78 is 6.12. The molecule has 0 aromatic rings. The molecule has 0 aromatic carbocycles. The van der Waals surface area contributed by atoms with Crippen LogP contribution in [-0.2, 0) is 4.74 Å². The van der Waals surface area contributed by atoms with Gasteiger partial charge in [-0.3, -0.25) is 0 Å². The molecule has 0 radical (unpaired) electrons. The zero-order chi connectivity index (χ0) is 12.5. The summed E-state index contributed by atoms with van der Waals surface area (Å²) in [5.41, 5.74) is 0.433. The van der Waals surface area contributed by atoms with E-state index in [1.54, 1.807) is 0 Å². The van der Waals surface area contributed by atoms with Crippen LogP contribution < -0.4 is 5.32 Å². The molecule has 1 saturated heterocycles. The molecule has 1 atom stereocenters. The third-order valence-electron chi connectivity index (χ3n) is 5.32. The molecule has 3 fully saturated rings. The van der Waals surface area contributed by atoms with Gasteiger partial charge in [0, 0.05) is 31.2 Å². The highest BCUT2D eigenvalue weighted by Gasteiger charge is 2.43. The van der Waals surface area contributed by atoms with E-state index < -0.39 is 0 Å². The highest BCUT2D eigenvalue weighted by molar-refractivity contribution is 4.97. The summed E-state index contributed by atoms with van der Waals surface area (Å²) in [5.74, 6) is 0. The van der Waals surface area contributed by atoms with Crippen LogP contribution in [0.5, 0.6) is 0 Å². The molecule has 3 rings (SSSR count). The molecule has 3 aliphatic rings. The van der Waals surface area contributed by atoms with E-state index in [0.29, 0.717) is 12.6 Å². The summed E-state index contributed by atoms with van der Waals surface area (Å²) in [4.78, 5) is 0. The Labute approximate surface area is 110 Å². The minimum absolute atomic E-state index is 0.199. The number of hydrogen-bond donors (Lipinski definition) is 2. The maximum atomic E-state index is 9.36. The van der Waals surface area contributed by atoms with Gasteiger partial charge in [-0.15, -0.1) is 0 Å². The fraction of sp³-hybridized carbons (Fsp3) is 1.00. The van der Waals surface area contributed by atoms with Gasteiger partial charge in [0.1, 0.15) is 0 Å². The lowest BCUT2D eigenvalue weighted by Crippen LogP contribution is -2.49.